The van der Waals surface area contributed by atoms with E-state index >= 15 is 0 Å². The first-order valence-electron chi connectivity index (χ1n) is 13.9. The van der Waals surface area contributed by atoms with Gasteiger partial charge < -0.3 is 18.8 Å². The summed E-state index contributed by atoms with van der Waals surface area (Å²) in [5, 5.41) is 1.32. The summed E-state index contributed by atoms with van der Waals surface area (Å²) < 4.78 is 49.0. The first kappa shape index (κ1) is 29.1. The molecule has 7 nitrogen and oxygen atoms in total. The van der Waals surface area contributed by atoms with Crippen molar-refractivity contribution in [2.24, 2.45) is 5.92 Å². The molecule has 1 saturated heterocycles. The van der Waals surface area contributed by atoms with Crippen molar-refractivity contribution in [3.63, 3.8) is 0 Å². The minimum Gasteiger partial charge on any atom is -0.361 e. The SMILES string of the molecule is C[C@@H]1CCN(C(=O)c2ccc(C(F)(F)F)cc2)C[C@@H]1n1ccc(=O)c2cnc3c(ccn3COCC[Si](C)(C)C)c21. The number of hydrogen-bond acceptors (Lipinski definition) is 4. The normalized spacial score (nSPS) is 18.4. The molecule has 11 heteroatoms. The monoisotopic (exact) mass is 584 g/mol. The fourth-order valence-electron chi connectivity index (χ4n) is 5.40. The van der Waals surface area contributed by atoms with Gasteiger partial charge in [-0.3, -0.25) is 9.59 Å². The molecular weight excluding hydrogens is 549 g/mol. The number of benzene rings is 1. The molecule has 1 aliphatic rings. The first-order chi connectivity index (χ1) is 19.3. The summed E-state index contributed by atoms with van der Waals surface area (Å²) >= 11 is 0. The lowest BCUT2D eigenvalue weighted by atomic mass is 9.92. The van der Waals surface area contributed by atoms with Gasteiger partial charge in [0.25, 0.3) is 5.91 Å². The quantitative estimate of drug-likeness (QED) is 0.186. The molecule has 0 aliphatic carbocycles. The Morgan fingerprint density at radius 3 is 2.49 bits per heavy atom. The van der Waals surface area contributed by atoms with Crippen LogP contribution in [-0.2, 0) is 17.6 Å². The van der Waals surface area contributed by atoms with Crippen molar-refractivity contribution in [2.45, 2.75) is 58.0 Å². The van der Waals surface area contributed by atoms with E-state index in [0.29, 0.717) is 43.9 Å². The number of likely N-dealkylation sites (tertiary alicyclic amines) is 1. The molecule has 1 aliphatic heterocycles. The van der Waals surface area contributed by atoms with Crippen molar-refractivity contribution in [1.29, 1.82) is 0 Å². The first-order valence-corrected chi connectivity index (χ1v) is 17.6. The zero-order valence-corrected chi connectivity index (χ0v) is 24.7. The number of ether oxygens (including phenoxy) is 1. The number of fused-ring (bicyclic) bond motifs is 3. The summed E-state index contributed by atoms with van der Waals surface area (Å²) in [5.74, 6) is -0.123. The minimum atomic E-state index is -4.46. The maximum Gasteiger partial charge on any atom is 0.416 e. The average Bonchev–Trinajstić information content (AvgIpc) is 3.34. The van der Waals surface area contributed by atoms with E-state index in [0.717, 1.165) is 29.1 Å². The Morgan fingerprint density at radius 2 is 1.80 bits per heavy atom. The van der Waals surface area contributed by atoms with Gasteiger partial charge in [0, 0.05) is 63.4 Å². The summed E-state index contributed by atoms with van der Waals surface area (Å²) in [6.07, 6.45) is 1.55. The highest BCUT2D eigenvalue weighted by molar-refractivity contribution is 6.76. The van der Waals surface area contributed by atoms with E-state index in [-0.39, 0.29) is 28.9 Å². The summed E-state index contributed by atoms with van der Waals surface area (Å²) in [6, 6.07) is 8.73. The van der Waals surface area contributed by atoms with E-state index in [1.165, 1.54) is 18.2 Å². The lowest BCUT2D eigenvalue weighted by molar-refractivity contribution is -0.137. The van der Waals surface area contributed by atoms with Crippen molar-refractivity contribution in [3.8, 4) is 0 Å². The molecule has 2 atom stereocenters. The maximum atomic E-state index is 13.3. The van der Waals surface area contributed by atoms with Crippen molar-refractivity contribution in [1.82, 2.24) is 19.0 Å². The Morgan fingerprint density at radius 1 is 1.07 bits per heavy atom. The minimum absolute atomic E-state index is 0.133. The van der Waals surface area contributed by atoms with Crippen LogP contribution in [0.4, 0.5) is 13.2 Å². The van der Waals surface area contributed by atoms with Gasteiger partial charge in [-0.25, -0.2) is 4.98 Å². The van der Waals surface area contributed by atoms with Crippen molar-refractivity contribution in [2.75, 3.05) is 19.7 Å². The summed E-state index contributed by atoms with van der Waals surface area (Å²) in [7, 11) is -1.22. The van der Waals surface area contributed by atoms with Crippen molar-refractivity contribution < 1.29 is 22.7 Å². The Balaban J connectivity index is 1.45. The third kappa shape index (κ3) is 6.11. The molecule has 5 rings (SSSR count). The third-order valence-electron chi connectivity index (χ3n) is 7.92. The number of aromatic nitrogens is 3. The van der Waals surface area contributed by atoms with Crippen LogP contribution < -0.4 is 5.43 Å². The molecule has 41 heavy (non-hydrogen) atoms. The molecule has 0 bridgehead atoms. The van der Waals surface area contributed by atoms with E-state index in [9.17, 15) is 22.8 Å². The Hall–Kier alpha value is -3.44. The molecule has 4 heterocycles. The van der Waals surface area contributed by atoms with Crippen molar-refractivity contribution >= 4 is 35.9 Å². The average molecular weight is 585 g/mol. The second-order valence-electron chi connectivity index (χ2n) is 12.1. The lowest BCUT2D eigenvalue weighted by Gasteiger charge is -2.39. The smallest absolute Gasteiger partial charge is 0.361 e. The number of rotatable bonds is 7. The van der Waals surface area contributed by atoms with Gasteiger partial charge in [-0.15, -0.1) is 0 Å². The summed E-state index contributed by atoms with van der Waals surface area (Å²) in [5.41, 5.74) is 0.764. The Kier molecular flexibility index (Phi) is 7.86. The number of nitrogens with zero attached hydrogens (tertiary/aromatic N) is 4. The van der Waals surface area contributed by atoms with Gasteiger partial charge >= 0.3 is 6.18 Å². The Labute approximate surface area is 237 Å². The van der Waals surface area contributed by atoms with Gasteiger partial charge in [0.05, 0.1) is 22.5 Å². The standard InChI is InChI=1S/C30H35F3N4O3Si/c1-20-9-12-35(29(39)21-5-7-22(8-6-21)30(31,32)33)18-25(20)37-14-11-26(38)24-17-34-28-23(27(24)37)10-13-36(28)19-40-15-16-41(2,3)4/h5-8,10-11,13-14,17,20,25H,9,12,15-16,18-19H2,1-4H3/t20-,25+/m1/s1. The second-order valence-corrected chi connectivity index (χ2v) is 17.8. The van der Waals surface area contributed by atoms with Crippen LogP contribution in [0.25, 0.3) is 21.9 Å². The van der Waals surface area contributed by atoms with E-state index in [1.54, 1.807) is 17.3 Å². The third-order valence-corrected chi connectivity index (χ3v) is 9.62. The molecular formula is C30H35F3N4O3Si. The number of alkyl halides is 3. The fourth-order valence-corrected chi connectivity index (χ4v) is 6.15. The molecule has 0 unspecified atom stereocenters. The summed E-state index contributed by atoms with van der Waals surface area (Å²) in [6.45, 7) is 10.9. The molecule has 0 spiro atoms. The molecule has 4 aromatic rings. The zero-order valence-electron chi connectivity index (χ0n) is 23.7. The van der Waals surface area contributed by atoms with E-state index in [2.05, 4.69) is 36.1 Å². The molecule has 0 radical (unpaired) electrons. The van der Waals surface area contributed by atoms with Crippen LogP contribution in [0.1, 0.15) is 35.3 Å². The van der Waals surface area contributed by atoms with Crippen LogP contribution in [0.2, 0.25) is 25.7 Å². The number of halogens is 3. The molecule has 218 valence electrons. The topological polar surface area (TPSA) is 69.4 Å². The second kappa shape index (κ2) is 11.1. The van der Waals surface area contributed by atoms with Crippen LogP contribution in [-0.4, -0.2) is 52.7 Å². The molecule has 1 aromatic carbocycles. The lowest BCUT2D eigenvalue weighted by Crippen LogP contribution is -2.44. The highest BCUT2D eigenvalue weighted by Gasteiger charge is 2.33. The maximum absolute atomic E-state index is 13.3. The summed E-state index contributed by atoms with van der Waals surface area (Å²) in [4.78, 5) is 32.5. The van der Waals surface area contributed by atoms with E-state index in [4.69, 9.17) is 4.74 Å². The highest BCUT2D eigenvalue weighted by Crippen LogP contribution is 2.34. The number of amides is 1. The molecule has 1 amide bonds. The zero-order chi connectivity index (χ0) is 29.5. The number of pyridine rings is 2. The largest absolute Gasteiger partial charge is 0.416 e. The number of carbonyl (C=O) groups is 1. The molecule has 3 aromatic heterocycles. The van der Waals surface area contributed by atoms with Gasteiger partial charge in [-0.1, -0.05) is 26.6 Å². The van der Waals surface area contributed by atoms with Crippen LogP contribution >= 0.6 is 0 Å². The molecule has 0 saturated carbocycles. The number of carbonyl (C=O) groups excluding carboxylic acids is 1. The van der Waals surface area contributed by atoms with Gasteiger partial charge in [-0.2, -0.15) is 13.2 Å². The van der Waals surface area contributed by atoms with Crippen molar-refractivity contribution in [3.05, 3.63) is 76.3 Å². The van der Waals surface area contributed by atoms with Crippen LogP contribution in [0.3, 0.4) is 0 Å². The predicted molar refractivity (Wildman–Crippen MR) is 156 cm³/mol. The van der Waals surface area contributed by atoms with Gasteiger partial charge in [0.1, 0.15) is 12.4 Å². The van der Waals surface area contributed by atoms with E-state index < -0.39 is 19.8 Å². The molecule has 1 fully saturated rings. The van der Waals surface area contributed by atoms with Gasteiger partial charge in [0.2, 0.25) is 0 Å². The highest BCUT2D eigenvalue weighted by atomic mass is 28.3. The van der Waals surface area contributed by atoms with Crippen LogP contribution in [0.5, 0.6) is 0 Å². The number of hydrogen-bond donors (Lipinski definition) is 0. The van der Waals surface area contributed by atoms with E-state index in [1.807, 2.05) is 16.8 Å². The number of piperidine rings is 1. The van der Waals surface area contributed by atoms with Gasteiger partial charge in [0.15, 0.2) is 5.43 Å². The molecule has 0 N–H and O–H groups in total. The van der Waals surface area contributed by atoms with Crippen LogP contribution in [0, 0.1) is 5.92 Å². The predicted octanol–water partition coefficient (Wildman–Crippen LogP) is 6.41. The van der Waals surface area contributed by atoms with Crippen LogP contribution in [0.15, 0.2) is 59.8 Å². The Bertz CT molecular complexity index is 1620. The van der Waals surface area contributed by atoms with Gasteiger partial charge in [-0.05, 0) is 48.7 Å². The fraction of sp³-hybridized carbons (Fsp3) is 0.433.